The molecule has 0 spiro atoms. The molecule has 1 aliphatic carbocycles. The standard InChI is InChI=1S/C18H14ClF3N5O/c1-26-17(14(8-23-26)18(20,21)22)27-9-11(7-24-27)10-2-5-15(19)13(6-10)16(28)25-12-3-4-12/h2,5-7,9,12H,3-4H2,1H3,(H,25,28). The fourth-order valence-corrected chi connectivity index (χ4v) is 3.00. The molecule has 3 aromatic rings. The number of aryl methyl sites for hydroxylation is 1. The second kappa shape index (κ2) is 6.66. The summed E-state index contributed by atoms with van der Waals surface area (Å²) in [6.07, 6.45) is 2.11. The molecule has 10 heteroatoms. The Morgan fingerprint density at radius 2 is 2.07 bits per heavy atom. The Labute approximate surface area is 162 Å². The van der Waals surface area contributed by atoms with E-state index in [2.05, 4.69) is 15.5 Å². The second-order valence-electron chi connectivity index (χ2n) is 6.55. The summed E-state index contributed by atoms with van der Waals surface area (Å²) in [6, 6.07) is 5.03. The van der Waals surface area contributed by atoms with Crippen LogP contribution in [0.3, 0.4) is 0 Å². The number of amides is 1. The van der Waals surface area contributed by atoms with Gasteiger partial charge in [0, 0.05) is 24.8 Å². The first-order valence-corrected chi connectivity index (χ1v) is 8.79. The molecule has 1 amide bonds. The van der Waals surface area contributed by atoms with Gasteiger partial charge in [0.1, 0.15) is 11.8 Å². The van der Waals surface area contributed by atoms with Gasteiger partial charge in [0.15, 0.2) is 5.82 Å². The molecule has 1 saturated carbocycles. The van der Waals surface area contributed by atoms with E-state index < -0.39 is 11.7 Å². The highest BCUT2D eigenvalue weighted by molar-refractivity contribution is 6.34. The van der Waals surface area contributed by atoms with Crippen LogP contribution in [-0.4, -0.2) is 31.5 Å². The van der Waals surface area contributed by atoms with E-state index in [4.69, 9.17) is 11.6 Å². The molecule has 0 bridgehead atoms. The van der Waals surface area contributed by atoms with Gasteiger partial charge in [0.05, 0.1) is 16.8 Å². The quantitative estimate of drug-likeness (QED) is 0.717. The number of carbonyl (C=O) groups excluding carboxylic acids is 1. The first-order valence-electron chi connectivity index (χ1n) is 8.42. The van der Waals surface area contributed by atoms with Crippen LogP contribution in [0.4, 0.5) is 13.2 Å². The molecule has 1 aromatic carbocycles. The molecule has 0 atom stereocenters. The van der Waals surface area contributed by atoms with Crippen molar-refractivity contribution in [3.05, 3.63) is 52.9 Å². The van der Waals surface area contributed by atoms with Crippen molar-refractivity contribution in [1.82, 2.24) is 24.9 Å². The minimum Gasteiger partial charge on any atom is -0.349 e. The van der Waals surface area contributed by atoms with Gasteiger partial charge in [-0.1, -0.05) is 17.7 Å². The average molecular weight is 409 g/mol. The monoisotopic (exact) mass is 408 g/mol. The lowest BCUT2D eigenvalue weighted by atomic mass is 10.1. The lowest BCUT2D eigenvalue weighted by molar-refractivity contribution is -0.137. The number of nitrogens with zero attached hydrogens (tertiary/aromatic N) is 4. The van der Waals surface area contributed by atoms with Crippen LogP contribution < -0.4 is 5.32 Å². The third kappa shape index (κ3) is 3.49. The average Bonchev–Trinajstić information content (AvgIpc) is 3.14. The third-order valence-corrected chi connectivity index (χ3v) is 4.71. The van der Waals surface area contributed by atoms with E-state index >= 15 is 0 Å². The molecule has 0 saturated heterocycles. The molecule has 1 fully saturated rings. The van der Waals surface area contributed by atoms with Crippen molar-refractivity contribution in [2.75, 3.05) is 0 Å². The summed E-state index contributed by atoms with van der Waals surface area (Å²) in [4.78, 5) is 12.3. The van der Waals surface area contributed by atoms with Crippen LogP contribution in [0.5, 0.6) is 0 Å². The zero-order chi connectivity index (χ0) is 20.1. The van der Waals surface area contributed by atoms with E-state index in [-0.39, 0.29) is 17.8 Å². The Morgan fingerprint density at radius 3 is 2.75 bits per heavy atom. The Morgan fingerprint density at radius 1 is 1.32 bits per heavy atom. The maximum atomic E-state index is 13.2. The van der Waals surface area contributed by atoms with Crippen LogP contribution in [-0.2, 0) is 13.2 Å². The number of carbonyl (C=O) groups is 1. The van der Waals surface area contributed by atoms with E-state index in [9.17, 15) is 18.0 Å². The summed E-state index contributed by atoms with van der Waals surface area (Å²) >= 11 is 6.14. The minimum atomic E-state index is -4.61. The van der Waals surface area contributed by atoms with Crippen molar-refractivity contribution in [3.8, 4) is 16.9 Å². The molecular formula is C18H14ClF3N5O. The molecule has 2 aromatic heterocycles. The predicted molar refractivity (Wildman–Crippen MR) is 95.1 cm³/mol. The van der Waals surface area contributed by atoms with Crippen LogP contribution in [0.25, 0.3) is 16.9 Å². The van der Waals surface area contributed by atoms with Crippen LogP contribution in [0, 0.1) is 6.20 Å². The molecule has 0 aliphatic heterocycles. The third-order valence-electron chi connectivity index (χ3n) is 4.38. The largest absolute Gasteiger partial charge is 0.422 e. The second-order valence-corrected chi connectivity index (χ2v) is 6.95. The summed E-state index contributed by atoms with van der Waals surface area (Å²) in [5, 5.41) is 10.8. The van der Waals surface area contributed by atoms with E-state index in [0.717, 1.165) is 22.2 Å². The van der Waals surface area contributed by atoms with Gasteiger partial charge in [0.2, 0.25) is 0 Å². The van der Waals surface area contributed by atoms with E-state index in [1.165, 1.54) is 19.4 Å². The number of halogens is 4. The zero-order valence-corrected chi connectivity index (χ0v) is 15.3. The van der Waals surface area contributed by atoms with Crippen molar-refractivity contribution in [1.29, 1.82) is 0 Å². The first-order chi connectivity index (χ1) is 13.2. The Balaban J connectivity index is 1.69. The molecular weight excluding hydrogens is 395 g/mol. The highest BCUT2D eigenvalue weighted by Gasteiger charge is 2.37. The molecule has 1 N–H and O–H groups in total. The molecule has 6 nitrogen and oxygen atoms in total. The predicted octanol–water partition coefficient (Wildman–Crippen LogP) is 3.64. The zero-order valence-electron chi connectivity index (χ0n) is 14.6. The van der Waals surface area contributed by atoms with E-state index in [1.807, 2.05) is 6.20 Å². The Hall–Kier alpha value is -2.81. The number of nitrogens with one attached hydrogen (secondary N) is 1. The van der Waals surface area contributed by atoms with Crippen LogP contribution in [0.1, 0.15) is 28.8 Å². The molecule has 1 radical (unpaired) electrons. The summed E-state index contributed by atoms with van der Waals surface area (Å²) in [5.41, 5.74) is 0.441. The van der Waals surface area contributed by atoms with Crippen molar-refractivity contribution in [2.24, 2.45) is 7.05 Å². The minimum absolute atomic E-state index is 0.178. The summed E-state index contributed by atoms with van der Waals surface area (Å²) in [7, 11) is 1.38. The maximum absolute atomic E-state index is 13.2. The van der Waals surface area contributed by atoms with Gasteiger partial charge in [-0.3, -0.25) is 4.79 Å². The molecule has 0 unspecified atom stereocenters. The highest BCUT2D eigenvalue weighted by atomic mass is 35.5. The maximum Gasteiger partial charge on any atom is 0.422 e. The van der Waals surface area contributed by atoms with Crippen LogP contribution in [0.2, 0.25) is 5.02 Å². The molecule has 2 heterocycles. The molecule has 1 aliphatic rings. The summed E-state index contributed by atoms with van der Waals surface area (Å²) < 4.78 is 41.7. The van der Waals surface area contributed by atoms with Crippen molar-refractivity contribution < 1.29 is 18.0 Å². The topological polar surface area (TPSA) is 64.7 Å². The fraction of sp³-hybridized carbons (Fsp3) is 0.278. The number of benzene rings is 1. The number of alkyl halides is 3. The summed E-state index contributed by atoms with van der Waals surface area (Å²) in [5.74, 6) is -0.526. The lowest BCUT2D eigenvalue weighted by Gasteiger charge is -2.09. The number of rotatable bonds is 4. The molecule has 4 rings (SSSR count). The van der Waals surface area contributed by atoms with Gasteiger partial charge >= 0.3 is 6.18 Å². The lowest BCUT2D eigenvalue weighted by Crippen LogP contribution is -2.25. The van der Waals surface area contributed by atoms with Crippen LogP contribution >= 0.6 is 11.6 Å². The van der Waals surface area contributed by atoms with Gasteiger partial charge in [-0.25, -0.2) is 9.36 Å². The van der Waals surface area contributed by atoms with Crippen molar-refractivity contribution >= 4 is 17.5 Å². The molecule has 145 valence electrons. The van der Waals surface area contributed by atoms with Gasteiger partial charge in [-0.15, -0.1) is 0 Å². The number of hydrogen-bond acceptors (Lipinski definition) is 3. The highest BCUT2D eigenvalue weighted by Crippen LogP contribution is 2.34. The van der Waals surface area contributed by atoms with Gasteiger partial charge in [-0.2, -0.15) is 23.4 Å². The van der Waals surface area contributed by atoms with Gasteiger partial charge in [0.25, 0.3) is 5.91 Å². The number of hydrogen-bond donors (Lipinski definition) is 1. The first kappa shape index (κ1) is 18.5. The van der Waals surface area contributed by atoms with E-state index in [0.29, 0.717) is 21.7 Å². The Kier molecular flexibility index (Phi) is 4.41. The fourth-order valence-electron chi connectivity index (χ4n) is 2.79. The SMILES string of the molecule is Cn1n[c]c(C(F)(F)F)c1-n1cc(-c2ccc(Cl)c(C(=O)NC3CC3)c2)cn1. The van der Waals surface area contributed by atoms with Crippen molar-refractivity contribution in [3.63, 3.8) is 0 Å². The van der Waals surface area contributed by atoms with Crippen molar-refractivity contribution in [2.45, 2.75) is 25.1 Å². The number of aromatic nitrogens is 4. The van der Waals surface area contributed by atoms with Gasteiger partial charge < -0.3 is 5.32 Å². The smallest absolute Gasteiger partial charge is 0.349 e. The Bertz CT molecular complexity index is 1050. The normalized spacial score (nSPS) is 14.3. The molecule has 28 heavy (non-hydrogen) atoms. The van der Waals surface area contributed by atoms with E-state index in [1.54, 1.807) is 18.2 Å². The van der Waals surface area contributed by atoms with Crippen LogP contribution in [0.15, 0.2) is 30.6 Å². The van der Waals surface area contributed by atoms with Gasteiger partial charge in [-0.05, 0) is 30.5 Å². The summed E-state index contributed by atoms with van der Waals surface area (Å²) in [6.45, 7) is 0.